The lowest BCUT2D eigenvalue weighted by Gasteiger charge is -1.97. The van der Waals surface area contributed by atoms with Crippen molar-refractivity contribution < 1.29 is 4.79 Å². The molecule has 102 valence electrons. The van der Waals surface area contributed by atoms with Crippen molar-refractivity contribution in [2.24, 2.45) is 0 Å². The van der Waals surface area contributed by atoms with Gasteiger partial charge < -0.3 is 4.57 Å². The lowest BCUT2D eigenvalue weighted by atomic mass is 10.3. The molecule has 2 aromatic heterocycles. The van der Waals surface area contributed by atoms with Crippen LogP contribution >= 0.6 is 11.3 Å². The fourth-order valence-corrected chi connectivity index (χ4v) is 2.09. The summed E-state index contributed by atoms with van der Waals surface area (Å²) in [6.07, 6.45) is 15.5. The van der Waals surface area contributed by atoms with Crippen LogP contribution in [0.2, 0.25) is 0 Å². The van der Waals surface area contributed by atoms with Crippen molar-refractivity contribution in [2.75, 3.05) is 0 Å². The molecule has 0 spiro atoms. The van der Waals surface area contributed by atoms with Gasteiger partial charge in [0.05, 0.1) is 0 Å². The lowest BCUT2D eigenvalue weighted by Crippen LogP contribution is -1.94. The molecule has 0 atom stereocenters. The predicted molar refractivity (Wildman–Crippen MR) is 82.2 cm³/mol. The average molecular weight is 285 g/mol. The van der Waals surface area contributed by atoms with Crippen LogP contribution in [0.4, 0.5) is 0 Å². The third kappa shape index (κ3) is 4.13. The van der Waals surface area contributed by atoms with Crippen LogP contribution in [0.25, 0.3) is 12.2 Å². The molecule has 0 aliphatic rings. The van der Waals surface area contributed by atoms with E-state index in [1.807, 2.05) is 28.3 Å². The van der Waals surface area contributed by atoms with Gasteiger partial charge in [0, 0.05) is 30.5 Å². The SMILES string of the molecule is CCn1ccnc1/C=C/C=C/C(=O)/C=C/c1nccs1. The van der Waals surface area contributed by atoms with Crippen LogP contribution in [0.5, 0.6) is 0 Å². The van der Waals surface area contributed by atoms with E-state index in [4.69, 9.17) is 0 Å². The second-order valence-electron chi connectivity index (χ2n) is 3.90. The van der Waals surface area contributed by atoms with Gasteiger partial charge in [-0.05, 0) is 31.2 Å². The van der Waals surface area contributed by atoms with Crippen molar-refractivity contribution in [3.63, 3.8) is 0 Å². The monoisotopic (exact) mass is 285 g/mol. The zero-order valence-electron chi connectivity index (χ0n) is 11.1. The van der Waals surface area contributed by atoms with Crippen molar-refractivity contribution in [2.45, 2.75) is 13.5 Å². The number of rotatable bonds is 6. The van der Waals surface area contributed by atoms with Crippen LogP contribution in [0.1, 0.15) is 17.8 Å². The highest BCUT2D eigenvalue weighted by Crippen LogP contribution is 2.05. The van der Waals surface area contributed by atoms with Crippen LogP contribution in [0.3, 0.4) is 0 Å². The summed E-state index contributed by atoms with van der Waals surface area (Å²) < 4.78 is 2.02. The molecule has 0 aliphatic heterocycles. The van der Waals surface area contributed by atoms with Crippen LogP contribution in [0, 0.1) is 0 Å². The summed E-state index contributed by atoms with van der Waals surface area (Å²) in [5.41, 5.74) is 0. The first-order chi connectivity index (χ1) is 9.79. The number of aryl methyl sites for hydroxylation is 1. The minimum absolute atomic E-state index is 0.0660. The average Bonchev–Trinajstić information content (AvgIpc) is 3.12. The Bertz CT molecular complexity index is 636. The van der Waals surface area contributed by atoms with Gasteiger partial charge in [0.1, 0.15) is 10.8 Å². The number of carbonyl (C=O) groups is 1. The Labute approximate surface area is 121 Å². The summed E-state index contributed by atoms with van der Waals surface area (Å²) in [6, 6.07) is 0. The van der Waals surface area contributed by atoms with Gasteiger partial charge in [0.25, 0.3) is 0 Å². The van der Waals surface area contributed by atoms with Gasteiger partial charge in [-0.3, -0.25) is 4.79 Å². The van der Waals surface area contributed by atoms with Crippen molar-refractivity contribution in [1.82, 2.24) is 14.5 Å². The number of allylic oxidation sites excluding steroid dienone is 4. The van der Waals surface area contributed by atoms with E-state index in [1.54, 1.807) is 24.5 Å². The molecule has 0 radical (unpaired) electrons. The van der Waals surface area contributed by atoms with E-state index < -0.39 is 0 Å². The molecule has 4 nitrogen and oxygen atoms in total. The standard InChI is InChI=1S/C15H15N3OS/c1-2-18-11-9-16-14(18)6-4-3-5-13(19)7-8-15-17-10-12-20-15/h3-12H,2H2,1H3/b5-3+,6-4+,8-7+. The lowest BCUT2D eigenvalue weighted by molar-refractivity contribution is -0.110. The topological polar surface area (TPSA) is 47.8 Å². The first kappa shape index (κ1) is 14.1. The Morgan fingerprint density at radius 3 is 2.90 bits per heavy atom. The van der Waals surface area contributed by atoms with Crippen molar-refractivity contribution in [3.8, 4) is 0 Å². The predicted octanol–water partition coefficient (Wildman–Crippen LogP) is 3.21. The summed E-state index contributed by atoms with van der Waals surface area (Å²) in [5.74, 6) is 0.812. The number of ketones is 1. The quantitative estimate of drug-likeness (QED) is 0.605. The molecule has 0 saturated heterocycles. The van der Waals surface area contributed by atoms with E-state index in [2.05, 4.69) is 16.9 Å². The number of thiazole rings is 1. The Hall–Kier alpha value is -2.27. The number of carbonyl (C=O) groups excluding carboxylic acids is 1. The Kier molecular flexibility index (Phi) is 5.20. The van der Waals surface area contributed by atoms with Gasteiger partial charge in [-0.1, -0.05) is 12.2 Å². The minimum Gasteiger partial charge on any atom is -0.332 e. The van der Waals surface area contributed by atoms with Crippen LogP contribution < -0.4 is 0 Å². The van der Waals surface area contributed by atoms with E-state index in [1.165, 1.54) is 23.5 Å². The van der Waals surface area contributed by atoms with Gasteiger partial charge in [0.2, 0.25) is 0 Å². The highest BCUT2D eigenvalue weighted by molar-refractivity contribution is 7.10. The first-order valence-corrected chi connectivity index (χ1v) is 7.15. The Morgan fingerprint density at radius 2 is 2.15 bits per heavy atom. The number of aromatic nitrogens is 3. The van der Waals surface area contributed by atoms with Gasteiger partial charge in [-0.2, -0.15) is 0 Å². The summed E-state index contributed by atoms with van der Waals surface area (Å²) in [7, 11) is 0. The molecule has 0 unspecified atom stereocenters. The molecule has 0 aliphatic carbocycles. The Morgan fingerprint density at radius 1 is 1.25 bits per heavy atom. The molecule has 5 heteroatoms. The molecular formula is C15H15N3OS. The van der Waals surface area contributed by atoms with E-state index in [-0.39, 0.29) is 5.78 Å². The van der Waals surface area contributed by atoms with Crippen LogP contribution in [0.15, 0.2) is 48.3 Å². The summed E-state index contributed by atoms with van der Waals surface area (Å²) >= 11 is 1.50. The second kappa shape index (κ2) is 7.35. The molecule has 2 heterocycles. The van der Waals surface area contributed by atoms with Gasteiger partial charge in [-0.15, -0.1) is 11.3 Å². The molecule has 0 amide bonds. The highest BCUT2D eigenvalue weighted by Gasteiger charge is 1.94. The maximum atomic E-state index is 11.6. The van der Waals surface area contributed by atoms with Crippen LogP contribution in [-0.4, -0.2) is 20.3 Å². The molecule has 20 heavy (non-hydrogen) atoms. The van der Waals surface area contributed by atoms with Crippen molar-refractivity contribution >= 4 is 29.3 Å². The van der Waals surface area contributed by atoms with Crippen molar-refractivity contribution in [3.05, 3.63) is 59.1 Å². The van der Waals surface area contributed by atoms with E-state index in [0.717, 1.165) is 17.4 Å². The third-order valence-corrected chi connectivity index (χ3v) is 3.29. The van der Waals surface area contributed by atoms with Gasteiger partial charge in [0.15, 0.2) is 5.78 Å². The van der Waals surface area contributed by atoms with E-state index in [9.17, 15) is 4.79 Å². The third-order valence-electron chi connectivity index (χ3n) is 2.55. The normalized spacial score (nSPS) is 12.1. The second-order valence-corrected chi connectivity index (χ2v) is 4.82. The van der Waals surface area contributed by atoms with Crippen LogP contribution in [-0.2, 0) is 11.3 Å². The number of hydrogen-bond donors (Lipinski definition) is 0. The molecule has 0 aromatic carbocycles. The maximum absolute atomic E-state index is 11.6. The molecule has 0 fully saturated rings. The fraction of sp³-hybridized carbons (Fsp3) is 0.133. The molecule has 0 bridgehead atoms. The molecule has 0 N–H and O–H groups in total. The molecule has 2 aromatic rings. The number of imidazole rings is 1. The van der Waals surface area contributed by atoms with Gasteiger partial charge >= 0.3 is 0 Å². The smallest absolute Gasteiger partial charge is 0.178 e. The highest BCUT2D eigenvalue weighted by atomic mass is 32.1. The Balaban J connectivity index is 1.88. The largest absolute Gasteiger partial charge is 0.332 e. The minimum atomic E-state index is -0.0660. The summed E-state index contributed by atoms with van der Waals surface area (Å²) in [4.78, 5) is 19.8. The number of nitrogens with zero attached hydrogens (tertiary/aromatic N) is 3. The fourth-order valence-electron chi connectivity index (χ4n) is 1.56. The van der Waals surface area contributed by atoms with Crippen molar-refractivity contribution in [1.29, 1.82) is 0 Å². The number of hydrogen-bond acceptors (Lipinski definition) is 4. The van der Waals surface area contributed by atoms with E-state index >= 15 is 0 Å². The first-order valence-electron chi connectivity index (χ1n) is 6.27. The summed E-state index contributed by atoms with van der Waals surface area (Å²) in [6.45, 7) is 2.93. The molecule has 2 rings (SSSR count). The molecular weight excluding hydrogens is 270 g/mol. The van der Waals surface area contributed by atoms with Gasteiger partial charge in [-0.25, -0.2) is 9.97 Å². The molecule has 0 saturated carbocycles. The zero-order chi connectivity index (χ0) is 14.2. The van der Waals surface area contributed by atoms with E-state index in [0.29, 0.717) is 0 Å². The maximum Gasteiger partial charge on any atom is 0.178 e. The summed E-state index contributed by atoms with van der Waals surface area (Å²) in [5, 5.41) is 2.70. The zero-order valence-corrected chi connectivity index (χ0v) is 12.0.